The standard InChI is InChI=1S/C61H105N15O14S2/c1-12-33(4)44-53(85)64-25-17-15-16-24-43(79)71-45(34(5)13-2)54(86)70-40-32-91-92-61(10,11)47(56(88)73-44)74-55(87)46(35(6)14-3)72-52(84)41-22-19-27-75(41)58(90)42-23-20-28-76(42)57(89)37(29-60(7,8)9)67-50(82)39(31-78)68-48(80)36(21-18-26-65-59(62)63)66-49(81)38(30-77)69-51(40)83/h33-42,44-47,77-78H,12-32H2,1-11H3,(H,64,85)(H,66,81)(H,67,82)(H,68,80)(H,69,83)(H,70,86)(H,71,79)(H,72,84)(H,73,88)(H,74,87)(H4,62,63,65)/t33-,34-,35-,36-,37-,38-,39-,40-,41-,42-,44-,45-,46-,47+/m0/s1. The van der Waals surface area contributed by atoms with Gasteiger partial charge in [0.1, 0.15) is 66.5 Å². The summed E-state index contributed by atoms with van der Waals surface area (Å²) in [5.74, 6) is -11.2. The van der Waals surface area contributed by atoms with Crippen molar-refractivity contribution in [2.45, 2.75) is 237 Å². The van der Waals surface area contributed by atoms with Crippen molar-refractivity contribution in [1.82, 2.24) is 63.0 Å². The first kappa shape index (κ1) is 78.0. The van der Waals surface area contributed by atoms with Crippen LogP contribution in [0.15, 0.2) is 4.99 Å². The number of aliphatic hydroxyl groups is 2. The first-order chi connectivity index (χ1) is 43.3. The summed E-state index contributed by atoms with van der Waals surface area (Å²) in [5.41, 5.74) is 10.5. The average molecular weight is 1340 g/mol. The average Bonchev–Trinajstić information content (AvgIpc) is 1.59. The van der Waals surface area contributed by atoms with E-state index in [1.54, 1.807) is 34.6 Å². The minimum atomic E-state index is -1.82. The Morgan fingerprint density at radius 3 is 1.64 bits per heavy atom. The van der Waals surface area contributed by atoms with E-state index in [9.17, 15) is 58.2 Å². The van der Waals surface area contributed by atoms with E-state index in [0.29, 0.717) is 51.4 Å². The van der Waals surface area contributed by atoms with Gasteiger partial charge in [-0.1, -0.05) is 110 Å². The summed E-state index contributed by atoms with van der Waals surface area (Å²) >= 11 is 0. The molecule has 14 atom stereocenters. The number of rotatable bonds is 13. The molecule has 12 amide bonds. The van der Waals surface area contributed by atoms with Gasteiger partial charge in [0.15, 0.2) is 5.96 Å². The molecule has 0 saturated carbocycles. The summed E-state index contributed by atoms with van der Waals surface area (Å²) in [6.45, 7) is 17.9. The molecule has 0 aromatic carbocycles. The van der Waals surface area contributed by atoms with Crippen molar-refractivity contribution in [1.29, 1.82) is 0 Å². The molecule has 16 N–H and O–H groups in total. The molecule has 4 rings (SSSR count). The van der Waals surface area contributed by atoms with E-state index in [1.807, 2.05) is 41.5 Å². The molecule has 4 aliphatic heterocycles. The smallest absolute Gasteiger partial charge is 0.246 e. The van der Waals surface area contributed by atoms with Gasteiger partial charge in [-0.15, -0.1) is 0 Å². The molecule has 29 nitrogen and oxygen atoms in total. The van der Waals surface area contributed by atoms with Gasteiger partial charge in [-0.25, -0.2) is 0 Å². The molecule has 0 spiro atoms. The van der Waals surface area contributed by atoms with Crippen LogP contribution in [0, 0.1) is 23.2 Å². The number of hydrogen-bond donors (Lipinski definition) is 14. The predicted molar refractivity (Wildman–Crippen MR) is 349 cm³/mol. The lowest BCUT2D eigenvalue weighted by molar-refractivity contribution is -0.148. The van der Waals surface area contributed by atoms with Gasteiger partial charge in [-0.05, 0) is 94.8 Å². The van der Waals surface area contributed by atoms with Gasteiger partial charge in [-0.3, -0.25) is 62.5 Å². The molecule has 2 bridgehead atoms. The fourth-order valence-corrected chi connectivity index (χ4v) is 14.1. The Hall–Kier alpha value is -6.47. The molecule has 520 valence electrons. The van der Waals surface area contributed by atoms with Gasteiger partial charge in [-0.2, -0.15) is 0 Å². The minimum Gasteiger partial charge on any atom is -0.394 e. The molecule has 4 saturated heterocycles. The van der Waals surface area contributed by atoms with Gasteiger partial charge in [0.2, 0.25) is 70.9 Å². The first-order valence-corrected chi connectivity index (χ1v) is 34.8. The molecule has 4 aliphatic rings. The van der Waals surface area contributed by atoms with E-state index in [-0.39, 0.29) is 76.4 Å². The number of guanidine groups is 1. The summed E-state index contributed by atoms with van der Waals surface area (Å²) < 4.78 is -1.38. The van der Waals surface area contributed by atoms with Crippen LogP contribution in [-0.2, 0) is 57.5 Å². The van der Waals surface area contributed by atoms with Crippen LogP contribution < -0.4 is 64.6 Å². The topological polar surface area (TPSA) is 436 Å². The van der Waals surface area contributed by atoms with Gasteiger partial charge in [0.05, 0.1) is 13.2 Å². The number of carbonyl (C=O) groups is 12. The third kappa shape index (κ3) is 22.9. The molecule has 4 fully saturated rings. The van der Waals surface area contributed by atoms with Crippen molar-refractivity contribution in [3.8, 4) is 0 Å². The highest BCUT2D eigenvalue weighted by Crippen LogP contribution is 2.39. The summed E-state index contributed by atoms with van der Waals surface area (Å²) in [7, 11) is 1.99. The second-order valence-electron chi connectivity index (χ2n) is 26.5. The van der Waals surface area contributed by atoms with E-state index < -0.39 is 178 Å². The van der Waals surface area contributed by atoms with Crippen LogP contribution in [0.3, 0.4) is 0 Å². The molecule has 0 aromatic rings. The van der Waals surface area contributed by atoms with Crippen LogP contribution in [0.4, 0.5) is 0 Å². The number of carbonyl (C=O) groups excluding carboxylic acids is 12. The molecular weight excluding hydrogens is 1230 g/mol. The van der Waals surface area contributed by atoms with Crippen molar-refractivity contribution in [2.75, 3.05) is 45.1 Å². The van der Waals surface area contributed by atoms with E-state index in [0.717, 1.165) is 21.6 Å². The summed E-state index contributed by atoms with van der Waals surface area (Å²) in [6.07, 6.45) is 3.69. The number of nitrogens with zero attached hydrogens (tertiary/aromatic N) is 3. The van der Waals surface area contributed by atoms with Crippen LogP contribution in [0.1, 0.15) is 166 Å². The maximum absolute atomic E-state index is 15.1. The summed E-state index contributed by atoms with van der Waals surface area (Å²) in [6, 6.07) is -15.2. The SMILES string of the molecule is CC[C@H](C)[C@@H]1NC(=O)CCCCCNC(=O)[C@H]([C@@H](C)CC)NC(=O)[C@H]2NC(=O)[C@H]([C@@H](C)CC)NC(=O)[C@@H]3CCCN3C(=O)[C@@H]3CCCN3C(=O)[C@H](CC(C)(C)C)NC(=O)[C@H](CO)NC(=O)[C@H](CCCN=C(N)N)NC(=O)[C@H](CO)NC(=O)[C@H](CSSC2(C)C)NC1=O. The summed E-state index contributed by atoms with van der Waals surface area (Å²) in [5, 5.41) is 48.7. The normalized spacial score (nSPS) is 29.3. The lowest BCUT2D eigenvalue weighted by Gasteiger charge is -2.37. The zero-order chi connectivity index (χ0) is 68.8. The molecular formula is C61H105N15O14S2. The van der Waals surface area contributed by atoms with Crippen LogP contribution in [0.25, 0.3) is 0 Å². The van der Waals surface area contributed by atoms with Gasteiger partial charge < -0.3 is 84.6 Å². The molecule has 0 radical (unpaired) electrons. The number of fused-ring (bicyclic) bond motifs is 7. The van der Waals surface area contributed by atoms with E-state index in [4.69, 9.17) is 11.5 Å². The molecule has 0 aromatic heterocycles. The highest BCUT2D eigenvalue weighted by Gasteiger charge is 2.47. The number of aliphatic hydroxyl groups excluding tert-OH is 2. The third-order valence-electron chi connectivity index (χ3n) is 17.5. The van der Waals surface area contributed by atoms with E-state index >= 15 is 9.59 Å². The Kier molecular flexibility index (Phi) is 31.2. The number of hydrogen-bond acceptors (Lipinski definition) is 17. The summed E-state index contributed by atoms with van der Waals surface area (Å²) in [4.78, 5) is 181. The Balaban J connectivity index is 1.94. The first-order valence-electron chi connectivity index (χ1n) is 32.5. The molecule has 92 heavy (non-hydrogen) atoms. The van der Waals surface area contributed by atoms with Gasteiger partial charge in [0.25, 0.3) is 0 Å². The van der Waals surface area contributed by atoms with Gasteiger partial charge in [0, 0.05) is 43.1 Å². The largest absolute Gasteiger partial charge is 0.394 e. The van der Waals surface area contributed by atoms with Gasteiger partial charge >= 0.3 is 0 Å². The Morgan fingerprint density at radius 1 is 0.576 bits per heavy atom. The fraction of sp³-hybridized carbons (Fsp3) is 0.787. The zero-order valence-electron chi connectivity index (χ0n) is 55.5. The van der Waals surface area contributed by atoms with Crippen molar-refractivity contribution in [2.24, 2.45) is 39.6 Å². The van der Waals surface area contributed by atoms with Crippen LogP contribution >= 0.6 is 21.6 Å². The molecule has 4 heterocycles. The van der Waals surface area contributed by atoms with Crippen LogP contribution in [0.5, 0.6) is 0 Å². The quantitative estimate of drug-likeness (QED) is 0.0446. The highest BCUT2D eigenvalue weighted by molar-refractivity contribution is 8.77. The van der Waals surface area contributed by atoms with E-state index in [2.05, 4.69) is 58.2 Å². The monoisotopic (exact) mass is 1340 g/mol. The molecule has 31 heteroatoms. The van der Waals surface area contributed by atoms with Crippen molar-refractivity contribution >= 4 is 98.4 Å². The fourth-order valence-electron chi connectivity index (χ4n) is 11.3. The second-order valence-corrected chi connectivity index (χ2v) is 29.4. The van der Waals surface area contributed by atoms with Crippen LogP contribution in [-0.4, -0.2) is 213 Å². The molecule has 0 unspecified atom stereocenters. The van der Waals surface area contributed by atoms with Crippen molar-refractivity contribution in [3.63, 3.8) is 0 Å². The number of nitrogens with two attached hydrogens (primary N) is 2. The highest BCUT2D eigenvalue weighted by atomic mass is 33.1. The predicted octanol–water partition coefficient (Wildman–Crippen LogP) is -1.19. The number of amides is 12. The lowest BCUT2D eigenvalue weighted by Crippen LogP contribution is -2.64. The Bertz CT molecular complexity index is 2630. The minimum absolute atomic E-state index is 0.0191. The number of nitrogens with one attached hydrogen (secondary N) is 10. The maximum atomic E-state index is 15.1. The lowest BCUT2D eigenvalue weighted by atomic mass is 9.87. The van der Waals surface area contributed by atoms with Crippen molar-refractivity contribution < 1.29 is 67.7 Å². The van der Waals surface area contributed by atoms with E-state index in [1.165, 1.54) is 9.80 Å². The van der Waals surface area contributed by atoms with Crippen LogP contribution in [0.2, 0.25) is 0 Å². The zero-order valence-corrected chi connectivity index (χ0v) is 57.2. The van der Waals surface area contributed by atoms with Crippen molar-refractivity contribution in [3.05, 3.63) is 0 Å². The maximum Gasteiger partial charge on any atom is 0.246 e. The Labute approximate surface area is 548 Å². The Morgan fingerprint density at radius 2 is 1.08 bits per heavy atom. The number of aliphatic imine (C=N–C) groups is 1. The third-order valence-corrected chi connectivity index (χ3v) is 20.8. The second kappa shape index (κ2) is 36.8. The molecule has 0 aliphatic carbocycles.